The summed E-state index contributed by atoms with van der Waals surface area (Å²) in [5, 5.41) is 7.96. The Hall–Kier alpha value is -1.94. The summed E-state index contributed by atoms with van der Waals surface area (Å²) < 4.78 is 15.6. The molecule has 0 aliphatic rings. The van der Waals surface area contributed by atoms with Crippen LogP contribution < -0.4 is 0 Å². The number of benzene rings is 1. The van der Waals surface area contributed by atoms with Crippen LogP contribution >= 0.6 is 11.3 Å². The highest BCUT2D eigenvalue weighted by Crippen LogP contribution is 2.26. The molecule has 0 amide bonds. The summed E-state index contributed by atoms with van der Waals surface area (Å²) in [5.74, 6) is -0.322. The Morgan fingerprint density at radius 3 is 2.61 bits per heavy atom. The van der Waals surface area contributed by atoms with Crippen molar-refractivity contribution in [2.75, 3.05) is 0 Å². The largest absolute Gasteiger partial charge is 0.224 e. The van der Waals surface area contributed by atoms with Crippen LogP contribution in [0.15, 0.2) is 47.3 Å². The fraction of sp³-hybridized carbons (Fsp3) is 0.0714. The molecule has 0 saturated heterocycles. The molecule has 90 valence electrons. The standard InChI is InChI=1S/C14H11FN2S/c1-10-2-4-12(5-3-10)17-14(15)13(8-16-17)11-6-7-18-9-11/h2-9H,1H3. The van der Waals surface area contributed by atoms with Crippen LogP contribution in [0.4, 0.5) is 4.39 Å². The summed E-state index contributed by atoms with van der Waals surface area (Å²) >= 11 is 1.55. The van der Waals surface area contributed by atoms with E-state index >= 15 is 0 Å². The summed E-state index contributed by atoms with van der Waals surface area (Å²) in [6.07, 6.45) is 1.57. The second-order valence-electron chi connectivity index (χ2n) is 4.11. The van der Waals surface area contributed by atoms with Crippen LogP contribution in [0.1, 0.15) is 5.56 Å². The monoisotopic (exact) mass is 258 g/mol. The van der Waals surface area contributed by atoms with Gasteiger partial charge in [-0.2, -0.15) is 20.8 Å². The SMILES string of the molecule is Cc1ccc(-n2ncc(-c3ccsc3)c2F)cc1. The van der Waals surface area contributed by atoms with Gasteiger partial charge in [-0.05, 0) is 41.4 Å². The van der Waals surface area contributed by atoms with Crippen molar-refractivity contribution in [1.29, 1.82) is 0 Å². The van der Waals surface area contributed by atoms with Crippen LogP contribution in [-0.4, -0.2) is 9.78 Å². The van der Waals surface area contributed by atoms with E-state index in [2.05, 4.69) is 5.10 Å². The Morgan fingerprint density at radius 1 is 1.17 bits per heavy atom. The summed E-state index contributed by atoms with van der Waals surface area (Å²) in [6, 6.07) is 9.51. The molecule has 2 aromatic heterocycles. The van der Waals surface area contributed by atoms with Crippen molar-refractivity contribution in [3.63, 3.8) is 0 Å². The minimum absolute atomic E-state index is 0.322. The lowest BCUT2D eigenvalue weighted by Gasteiger charge is -2.02. The average Bonchev–Trinajstić information content (AvgIpc) is 2.99. The zero-order valence-electron chi connectivity index (χ0n) is 9.80. The number of nitrogens with zero attached hydrogens (tertiary/aromatic N) is 2. The number of aromatic nitrogens is 2. The van der Waals surface area contributed by atoms with E-state index in [9.17, 15) is 4.39 Å². The molecule has 0 bridgehead atoms. The van der Waals surface area contributed by atoms with Crippen molar-refractivity contribution in [2.45, 2.75) is 6.92 Å². The predicted molar refractivity (Wildman–Crippen MR) is 71.6 cm³/mol. The number of aryl methyl sites for hydroxylation is 1. The Balaban J connectivity index is 2.07. The van der Waals surface area contributed by atoms with Gasteiger partial charge in [-0.15, -0.1) is 0 Å². The fourth-order valence-electron chi connectivity index (χ4n) is 1.81. The third-order valence-corrected chi connectivity index (χ3v) is 3.50. The lowest BCUT2D eigenvalue weighted by molar-refractivity contribution is 0.539. The first kappa shape index (κ1) is 11.2. The van der Waals surface area contributed by atoms with Crippen molar-refractivity contribution >= 4 is 11.3 Å². The van der Waals surface area contributed by atoms with Gasteiger partial charge in [-0.25, -0.2) is 4.68 Å². The zero-order chi connectivity index (χ0) is 12.5. The van der Waals surface area contributed by atoms with E-state index < -0.39 is 0 Å². The molecule has 1 aromatic carbocycles. The number of hydrogen-bond donors (Lipinski definition) is 0. The maximum absolute atomic E-state index is 14.3. The zero-order valence-corrected chi connectivity index (χ0v) is 10.6. The van der Waals surface area contributed by atoms with Gasteiger partial charge >= 0.3 is 0 Å². The van der Waals surface area contributed by atoms with Crippen LogP contribution in [0.25, 0.3) is 16.8 Å². The molecule has 2 heterocycles. The third-order valence-electron chi connectivity index (χ3n) is 2.82. The van der Waals surface area contributed by atoms with E-state index in [1.807, 2.05) is 48.0 Å². The molecule has 4 heteroatoms. The molecule has 0 aliphatic carbocycles. The topological polar surface area (TPSA) is 17.8 Å². The number of rotatable bonds is 2. The molecule has 0 N–H and O–H groups in total. The van der Waals surface area contributed by atoms with Crippen LogP contribution in [0.5, 0.6) is 0 Å². The Bertz CT molecular complexity index is 654. The molecule has 3 rings (SSSR count). The van der Waals surface area contributed by atoms with E-state index in [0.29, 0.717) is 5.56 Å². The number of halogens is 1. The van der Waals surface area contributed by atoms with E-state index in [-0.39, 0.29) is 5.95 Å². The van der Waals surface area contributed by atoms with Gasteiger partial charge in [0, 0.05) is 0 Å². The highest BCUT2D eigenvalue weighted by molar-refractivity contribution is 7.08. The highest BCUT2D eigenvalue weighted by atomic mass is 32.1. The summed E-state index contributed by atoms with van der Waals surface area (Å²) in [4.78, 5) is 0. The smallest absolute Gasteiger partial charge is 0.206 e. The quantitative estimate of drug-likeness (QED) is 0.678. The molecule has 0 atom stereocenters. The molecule has 2 nitrogen and oxygen atoms in total. The second kappa shape index (κ2) is 4.38. The first-order valence-electron chi connectivity index (χ1n) is 5.59. The highest BCUT2D eigenvalue weighted by Gasteiger charge is 2.13. The number of hydrogen-bond acceptors (Lipinski definition) is 2. The molecule has 3 aromatic rings. The van der Waals surface area contributed by atoms with Gasteiger partial charge in [0.2, 0.25) is 5.95 Å². The first-order chi connectivity index (χ1) is 8.75. The van der Waals surface area contributed by atoms with E-state index in [1.165, 1.54) is 4.68 Å². The number of thiophene rings is 1. The molecule has 0 spiro atoms. The van der Waals surface area contributed by atoms with Crippen molar-refractivity contribution in [3.8, 4) is 16.8 Å². The van der Waals surface area contributed by atoms with Crippen LogP contribution in [0.3, 0.4) is 0 Å². The normalized spacial score (nSPS) is 10.8. The molecule has 0 aliphatic heterocycles. The van der Waals surface area contributed by atoms with Gasteiger partial charge in [0.05, 0.1) is 17.4 Å². The predicted octanol–water partition coefficient (Wildman–Crippen LogP) is 4.05. The molecule has 0 fully saturated rings. The van der Waals surface area contributed by atoms with Crippen LogP contribution in [-0.2, 0) is 0 Å². The Labute approximate surface area is 108 Å². The van der Waals surface area contributed by atoms with Crippen molar-refractivity contribution < 1.29 is 4.39 Å². The molecular weight excluding hydrogens is 247 g/mol. The van der Waals surface area contributed by atoms with Crippen molar-refractivity contribution in [1.82, 2.24) is 9.78 Å². The van der Waals surface area contributed by atoms with E-state index in [1.54, 1.807) is 17.5 Å². The van der Waals surface area contributed by atoms with Gasteiger partial charge in [0.15, 0.2) is 0 Å². The maximum atomic E-state index is 14.3. The molecule has 0 radical (unpaired) electrons. The maximum Gasteiger partial charge on any atom is 0.224 e. The lowest BCUT2D eigenvalue weighted by atomic mass is 10.2. The van der Waals surface area contributed by atoms with Crippen molar-refractivity contribution in [3.05, 3.63) is 58.8 Å². The molecular formula is C14H11FN2S. The van der Waals surface area contributed by atoms with Gasteiger partial charge < -0.3 is 0 Å². The average molecular weight is 258 g/mol. The summed E-state index contributed by atoms with van der Waals surface area (Å²) in [5.41, 5.74) is 3.29. The molecule has 0 unspecified atom stereocenters. The van der Waals surface area contributed by atoms with Crippen LogP contribution in [0.2, 0.25) is 0 Å². The summed E-state index contributed by atoms with van der Waals surface area (Å²) in [7, 11) is 0. The van der Waals surface area contributed by atoms with E-state index in [4.69, 9.17) is 0 Å². The van der Waals surface area contributed by atoms with Gasteiger partial charge in [0.1, 0.15) is 0 Å². The lowest BCUT2D eigenvalue weighted by Crippen LogP contribution is -1.99. The second-order valence-corrected chi connectivity index (χ2v) is 4.89. The Kier molecular flexibility index (Phi) is 2.72. The van der Waals surface area contributed by atoms with Gasteiger partial charge in [-0.1, -0.05) is 17.7 Å². The van der Waals surface area contributed by atoms with Gasteiger partial charge in [-0.3, -0.25) is 0 Å². The third kappa shape index (κ3) is 1.84. The molecule has 0 saturated carbocycles. The van der Waals surface area contributed by atoms with Crippen molar-refractivity contribution in [2.24, 2.45) is 0 Å². The molecule has 18 heavy (non-hydrogen) atoms. The Morgan fingerprint density at radius 2 is 1.94 bits per heavy atom. The van der Waals surface area contributed by atoms with Gasteiger partial charge in [0.25, 0.3) is 0 Å². The minimum Gasteiger partial charge on any atom is -0.206 e. The van der Waals surface area contributed by atoms with Crippen LogP contribution in [0, 0.1) is 12.9 Å². The first-order valence-corrected chi connectivity index (χ1v) is 6.53. The fourth-order valence-corrected chi connectivity index (χ4v) is 2.47. The minimum atomic E-state index is -0.322. The summed E-state index contributed by atoms with van der Waals surface area (Å²) in [6.45, 7) is 2.00. The van der Waals surface area contributed by atoms with E-state index in [0.717, 1.165) is 16.8 Å².